The van der Waals surface area contributed by atoms with Crippen LogP contribution in [-0.2, 0) is 17.7 Å². The zero-order valence-electron chi connectivity index (χ0n) is 27.9. The molecular weight excluding hydrogens is 542 g/mol. The Balaban J connectivity index is 0.000000673. The van der Waals surface area contributed by atoms with E-state index in [0.717, 1.165) is 0 Å². The Labute approximate surface area is 253 Å². The van der Waals surface area contributed by atoms with Gasteiger partial charge in [0.2, 0.25) is 0 Å². The minimum Gasteiger partial charge on any atom is -1.00 e. The third-order valence-corrected chi connectivity index (χ3v) is 4.88. The van der Waals surface area contributed by atoms with E-state index in [0.29, 0.717) is 27.8 Å². The molecule has 0 aliphatic rings. The number of alkyl carbamates (subject to hydrolysis) is 1. The van der Waals surface area contributed by atoms with Crippen molar-refractivity contribution in [1.82, 2.24) is 5.32 Å². The van der Waals surface area contributed by atoms with E-state index < -0.39 is 24.7 Å². The second-order valence-electron chi connectivity index (χ2n) is 9.41. The van der Waals surface area contributed by atoms with Gasteiger partial charge in [0.25, 0.3) is 0 Å². The SMILES string of the molecule is CC(=O)c1ccc(C#N)cc1.[2H]C([2H])(N)c1ccc(C(C)=O)cc1.[2H]C([2H])(NC(=O)OC(C)(C)C)c1ccc(C(C)=O)cc1.[Cl-]. The number of halogens is 1. The molecule has 0 aromatic heterocycles. The maximum absolute atomic E-state index is 11.6. The van der Waals surface area contributed by atoms with Gasteiger partial charge in [-0.2, -0.15) is 5.26 Å². The molecule has 0 fully saturated rings. The molecule has 0 aliphatic carbocycles. The van der Waals surface area contributed by atoms with Crippen LogP contribution in [0.5, 0.6) is 0 Å². The van der Waals surface area contributed by atoms with Gasteiger partial charge in [0, 0.05) is 32.4 Å². The molecule has 0 heterocycles. The quantitative estimate of drug-likeness (QED) is 0.426. The Bertz CT molecular complexity index is 1490. The molecule has 0 bridgehead atoms. The predicted molar refractivity (Wildman–Crippen MR) is 155 cm³/mol. The molecule has 0 saturated heterocycles. The maximum Gasteiger partial charge on any atom is 0.407 e. The first-order valence-corrected chi connectivity index (χ1v) is 12.2. The molecule has 0 spiro atoms. The average molecular weight is 583 g/mol. The van der Waals surface area contributed by atoms with Gasteiger partial charge in [-0.25, -0.2) is 4.79 Å². The lowest BCUT2D eigenvalue weighted by Crippen LogP contribution is -3.00. The summed E-state index contributed by atoms with van der Waals surface area (Å²) in [7, 11) is 0. The Morgan fingerprint density at radius 2 is 1.15 bits per heavy atom. The number of benzene rings is 3. The monoisotopic (exact) mass is 582 g/mol. The van der Waals surface area contributed by atoms with Gasteiger partial charge in [-0.15, -0.1) is 0 Å². The highest BCUT2D eigenvalue weighted by Crippen LogP contribution is 2.08. The van der Waals surface area contributed by atoms with Gasteiger partial charge in [0.1, 0.15) is 5.60 Å². The maximum atomic E-state index is 11.6. The van der Waals surface area contributed by atoms with E-state index >= 15 is 0 Å². The highest BCUT2D eigenvalue weighted by molar-refractivity contribution is 5.94. The number of carbonyl (C=O) groups is 4. The molecule has 0 radical (unpaired) electrons. The standard InChI is InChI=1S/C14H19NO3.C9H11NO.C9H7NO.ClH/c1-10(16)12-7-5-11(6-8-12)9-15-13(17)18-14(2,3)4;2*1-7(11)9-4-2-8(6-10)3-5-9;/h5-8H,9H2,1-4H3,(H,15,17);2-5H,6,10H2,1H3;2-5H,1H3;1H/p-1/i9D2;6D2;;. The van der Waals surface area contributed by atoms with Crippen molar-refractivity contribution in [2.45, 2.75) is 60.1 Å². The fourth-order valence-corrected chi connectivity index (χ4v) is 2.80. The Hall–Kier alpha value is -4.32. The van der Waals surface area contributed by atoms with Crippen LogP contribution in [0.25, 0.3) is 0 Å². The number of nitrogens with two attached hydrogens (primary N) is 1. The minimum atomic E-state index is -2.07. The van der Waals surface area contributed by atoms with E-state index in [1.165, 1.54) is 57.2 Å². The number of ether oxygens (including phenoxy) is 1. The van der Waals surface area contributed by atoms with E-state index in [4.69, 9.17) is 21.2 Å². The van der Waals surface area contributed by atoms with E-state index in [-0.39, 0.29) is 35.3 Å². The molecule has 3 aromatic carbocycles. The van der Waals surface area contributed by atoms with Crippen LogP contribution in [-0.4, -0.2) is 29.0 Å². The van der Waals surface area contributed by atoms with Gasteiger partial charge in [-0.3, -0.25) is 14.4 Å². The number of hydrogen-bond donors (Lipinski definition) is 2. The van der Waals surface area contributed by atoms with Crippen molar-refractivity contribution in [1.29, 1.82) is 5.26 Å². The summed E-state index contributed by atoms with van der Waals surface area (Å²) in [5.41, 5.74) is 7.42. The zero-order chi connectivity index (χ0) is 33.9. The summed E-state index contributed by atoms with van der Waals surface area (Å²) < 4.78 is 35.1. The van der Waals surface area contributed by atoms with Crippen LogP contribution in [0.4, 0.5) is 4.79 Å². The zero-order valence-corrected chi connectivity index (χ0v) is 24.6. The molecule has 0 unspecified atom stereocenters. The number of amides is 1. The summed E-state index contributed by atoms with van der Waals surface area (Å²) in [6, 6.07) is 20.7. The lowest BCUT2D eigenvalue weighted by atomic mass is 10.1. The molecule has 41 heavy (non-hydrogen) atoms. The first-order chi connectivity index (χ1) is 20.2. The van der Waals surface area contributed by atoms with Crippen LogP contribution in [0.15, 0.2) is 72.8 Å². The predicted octanol–water partition coefficient (Wildman–Crippen LogP) is 3.03. The molecule has 3 N–H and O–H groups in total. The fraction of sp³-hybridized carbons (Fsp3) is 0.281. The highest BCUT2D eigenvalue weighted by atomic mass is 35.5. The van der Waals surface area contributed by atoms with E-state index in [1.54, 1.807) is 57.2 Å². The van der Waals surface area contributed by atoms with Crippen LogP contribution < -0.4 is 23.5 Å². The average Bonchev–Trinajstić information content (AvgIpc) is 2.92. The lowest BCUT2D eigenvalue weighted by molar-refractivity contribution is -0.0000526. The Kier molecular flexibility index (Phi) is 13.1. The summed E-state index contributed by atoms with van der Waals surface area (Å²) in [5.74, 6) is -0.115. The number of nitrogens with one attached hydrogen (secondary N) is 1. The number of nitriles is 1. The molecule has 3 aromatic rings. The van der Waals surface area contributed by atoms with Crippen molar-refractivity contribution in [2.24, 2.45) is 5.73 Å². The van der Waals surface area contributed by atoms with Gasteiger partial charge in [-0.1, -0.05) is 60.7 Å². The molecule has 1 amide bonds. The summed E-state index contributed by atoms with van der Waals surface area (Å²) in [5, 5.41) is 10.6. The number of hydrogen-bond acceptors (Lipinski definition) is 7. The molecule has 9 heteroatoms. The summed E-state index contributed by atoms with van der Waals surface area (Å²) >= 11 is 0. The van der Waals surface area contributed by atoms with Crippen LogP contribution in [0.2, 0.25) is 0 Å². The van der Waals surface area contributed by atoms with Crippen molar-refractivity contribution in [3.63, 3.8) is 0 Å². The van der Waals surface area contributed by atoms with Gasteiger partial charge >= 0.3 is 6.09 Å². The number of ketones is 3. The van der Waals surface area contributed by atoms with Crippen molar-refractivity contribution >= 4 is 23.4 Å². The molecule has 0 saturated carbocycles. The summed E-state index contributed by atoms with van der Waals surface area (Å²) in [6.45, 7) is 5.58. The van der Waals surface area contributed by atoms with Crippen molar-refractivity contribution < 1.29 is 41.8 Å². The Morgan fingerprint density at radius 3 is 1.46 bits per heavy atom. The molecule has 0 atom stereocenters. The summed E-state index contributed by atoms with van der Waals surface area (Å²) in [6.07, 6.45) is -0.835. The van der Waals surface area contributed by atoms with Crippen LogP contribution in [0.1, 0.15) is 94.8 Å². The molecular formula is C32H37ClN3O5-. The van der Waals surface area contributed by atoms with E-state index in [9.17, 15) is 19.2 Å². The van der Waals surface area contributed by atoms with Crippen molar-refractivity contribution in [2.75, 3.05) is 0 Å². The third-order valence-electron chi connectivity index (χ3n) is 4.88. The van der Waals surface area contributed by atoms with Gasteiger partial charge < -0.3 is 28.2 Å². The second kappa shape index (κ2) is 18.1. The van der Waals surface area contributed by atoms with Crippen LogP contribution >= 0.6 is 0 Å². The number of nitrogens with zero attached hydrogens (tertiary/aromatic N) is 1. The highest BCUT2D eigenvalue weighted by Gasteiger charge is 2.15. The number of carbonyl (C=O) groups excluding carboxylic acids is 4. The van der Waals surface area contributed by atoms with Crippen LogP contribution in [0.3, 0.4) is 0 Å². The smallest absolute Gasteiger partial charge is 0.407 e. The topological polar surface area (TPSA) is 139 Å². The molecule has 218 valence electrons. The summed E-state index contributed by atoms with van der Waals surface area (Å²) in [4.78, 5) is 44.4. The number of rotatable bonds is 6. The van der Waals surface area contributed by atoms with Crippen LogP contribution in [0, 0.1) is 11.3 Å². The molecule has 8 nitrogen and oxygen atoms in total. The normalized spacial score (nSPS) is 11.9. The molecule has 3 rings (SSSR count). The lowest BCUT2D eigenvalue weighted by Gasteiger charge is -2.19. The first-order valence-electron chi connectivity index (χ1n) is 14.2. The first kappa shape index (κ1) is 29.7. The van der Waals surface area contributed by atoms with Gasteiger partial charge in [-0.05, 0) is 64.8 Å². The van der Waals surface area contributed by atoms with Crippen molar-refractivity contribution in [3.05, 3.63) is 106 Å². The van der Waals surface area contributed by atoms with Gasteiger partial charge in [0.05, 0.1) is 14.4 Å². The van der Waals surface area contributed by atoms with Gasteiger partial charge in [0.15, 0.2) is 17.3 Å². The largest absolute Gasteiger partial charge is 1.00 e. The van der Waals surface area contributed by atoms with Crippen molar-refractivity contribution in [3.8, 4) is 6.07 Å². The Morgan fingerprint density at radius 1 is 0.780 bits per heavy atom. The number of Topliss-reactive ketones (excluding diaryl/α,β-unsaturated/α-hetero) is 3. The minimum absolute atomic E-state index is 0. The fourth-order valence-electron chi connectivity index (χ4n) is 2.80. The van der Waals surface area contributed by atoms with E-state index in [1.807, 2.05) is 6.07 Å². The molecule has 0 aliphatic heterocycles. The van der Waals surface area contributed by atoms with E-state index in [2.05, 4.69) is 5.32 Å². The third kappa shape index (κ3) is 15.2. The second-order valence-corrected chi connectivity index (χ2v) is 9.41.